The Balaban J connectivity index is 4.32. The highest BCUT2D eigenvalue weighted by molar-refractivity contribution is 5.71. The summed E-state index contributed by atoms with van der Waals surface area (Å²) in [4.78, 5) is 38.4. The Hall–Kier alpha value is -3.41. The lowest BCUT2D eigenvalue weighted by Gasteiger charge is -2.18. The normalized spacial score (nSPS) is 12.6. The van der Waals surface area contributed by atoms with Crippen LogP contribution < -0.4 is 0 Å². The van der Waals surface area contributed by atoms with E-state index in [1.807, 2.05) is 0 Å². The highest BCUT2D eigenvalue weighted by Gasteiger charge is 2.19. The zero-order valence-electron chi connectivity index (χ0n) is 51.7. The third kappa shape index (κ3) is 63.4. The van der Waals surface area contributed by atoms with Crippen LogP contribution in [0.25, 0.3) is 0 Å². The van der Waals surface area contributed by atoms with E-state index in [0.29, 0.717) is 19.3 Å². The number of carbonyl (C=O) groups excluding carboxylic acids is 3. The van der Waals surface area contributed by atoms with Crippen molar-refractivity contribution in [3.8, 4) is 0 Å². The molecule has 0 aliphatic rings. The van der Waals surface area contributed by atoms with Crippen molar-refractivity contribution in [1.82, 2.24) is 0 Å². The van der Waals surface area contributed by atoms with Crippen LogP contribution in [0.1, 0.15) is 335 Å². The van der Waals surface area contributed by atoms with E-state index in [-0.39, 0.29) is 31.1 Å². The van der Waals surface area contributed by atoms with E-state index in [4.69, 9.17) is 14.2 Å². The second-order valence-corrected chi connectivity index (χ2v) is 22.3. The minimum atomic E-state index is -0.784. The van der Waals surface area contributed by atoms with Crippen LogP contribution >= 0.6 is 0 Å². The van der Waals surface area contributed by atoms with Crippen molar-refractivity contribution in [3.05, 3.63) is 85.1 Å². The van der Waals surface area contributed by atoms with Gasteiger partial charge >= 0.3 is 17.9 Å². The largest absolute Gasteiger partial charge is 0.462 e. The van der Waals surface area contributed by atoms with Gasteiger partial charge in [-0.2, -0.15) is 0 Å². The van der Waals surface area contributed by atoms with E-state index in [1.54, 1.807) is 0 Å². The van der Waals surface area contributed by atoms with Crippen LogP contribution in [0.5, 0.6) is 0 Å². The topological polar surface area (TPSA) is 78.9 Å². The van der Waals surface area contributed by atoms with Crippen molar-refractivity contribution in [2.24, 2.45) is 0 Å². The number of hydrogen-bond acceptors (Lipinski definition) is 6. The molecule has 0 rings (SSSR count). The molecule has 0 spiro atoms. The lowest BCUT2D eigenvalue weighted by Crippen LogP contribution is -2.30. The molecule has 0 aromatic carbocycles. The zero-order chi connectivity index (χ0) is 56.4. The Kier molecular flexibility index (Phi) is 63.2. The van der Waals surface area contributed by atoms with E-state index >= 15 is 0 Å². The molecule has 0 saturated heterocycles. The van der Waals surface area contributed by atoms with E-state index in [2.05, 4.69) is 106 Å². The van der Waals surface area contributed by atoms with Crippen LogP contribution in [0, 0.1) is 0 Å². The first-order valence-electron chi connectivity index (χ1n) is 33.6. The summed E-state index contributed by atoms with van der Waals surface area (Å²) >= 11 is 0. The Labute approximate surface area is 484 Å². The molecule has 0 aliphatic heterocycles. The zero-order valence-corrected chi connectivity index (χ0v) is 51.7. The number of rotatable bonds is 61. The molecule has 0 saturated carbocycles. The molecule has 1 atom stereocenters. The van der Waals surface area contributed by atoms with Gasteiger partial charge < -0.3 is 14.2 Å². The minimum Gasteiger partial charge on any atom is -0.462 e. The van der Waals surface area contributed by atoms with Gasteiger partial charge in [-0.15, -0.1) is 0 Å². The maximum absolute atomic E-state index is 12.9. The molecular formula is C72H126O6. The standard InChI is InChI=1S/C72H126O6/c1-4-7-10-13-16-19-22-25-28-30-32-34-35-36-37-38-40-41-44-47-50-53-56-59-62-65-71(74)77-68-69(67-76-70(73)64-61-58-55-52-49-46-43-27-24-21-18-15-12-9-6-3)78-72(75)66-63-60-57-54-51-48-45-42-39-33-31-29-26-23-20-17-14-11-8-5-2/h7,9-10,12,16,18-19,21,25,27-28,32,34,43,69H,4-6,8,11,13-15,17,20,22-24,26,29-31,33,35-42,44-68H2,1-3H3/b10-7-,12-9-,19-16-,21-18-,28-25-,34-32-,43-27-. The molecule has 0 heterocycles. The number of allylic oxidation sites excluding steroid dienone is 14. The number of esters is 3. The average molecular weight is 1090 g/mol. The molecule has 0 N–H and O–H groups in total. The first-order chi connectivity index (χ1) is 38.5. The summed E-state index contributed by atoms with van der Waals surface area (Å²) in [5.41, 5.74) is 0. The molecule has 0 aliphatic carbocycles. The molecule has 1 unspecified atom stereocenters. The van der Waals surface area contributed by atoms with Crippen molar-refractivity contribution in [2.45, 2.75) is 341 Å². The smallest absolute Gasteiger partial charge is 0.306 e. The van der Waals surface area contributed by atoms with Gasteiger partial charge in [0.05, 0.1) is 0 Å². The number of unbranched alkanes of at least 4 members (excludes halogenated alkanes) is 36. The predicted octanol–water partition coefficient (Wildman–Crippen LogP) is 23.1. The fraction of sp³-hybridized carbons (Fsp3) is 0.764. The molecule has 0 amide bonds. The molecular weight excluding hydrogens is 961 g/mol. The number of hydrogen-bond donors (Lipinski definition) is 0. The molecule has 450 valence electrons. The highest BCUT2D eigenvalue weighted by Crippen LogP contribution is 2.18. The maximum Gasteiger partial charge on any atom is 0.306 e. The maximum atomic E-state index is 12.9. The number of carbonyl (C=O) groups is 3. The fourth-order valence-corrected chi connectivity index (χ4v) is 9.69. The molecule has 0 bridgehead atoms. The lowest BCUT2D eigenvalue weighted by molar-refractivity contribution is -0.167. The van der Waals surface area contributed by atoms with Gasteiger partial charge in [0.15, 0.2) is 6.10 Å². The summed E-state index contributed by atoms with van der Waals surface area (Å²) in [7, 11) is 0. The lowest BCUT2D eigenvalue weighted by atomic mass is 10.0. The summed E-state index contributed by atoms with van der Waals surface area (Å²) in [5.74, 6) is -0.881. The SMILES string of the molecule is CC/C=C\C/C=C\C/C=C\C/C=C\CCCCCCCCCCCCCCC(=O)OCC(COC(=O)CCCCCCC/C=C\C/C=C\C/C=C\CC)OC(=O)CCCCCCCCCCCCCCCCCCCCCC. The first kappa shape index (κ1) is 74.6. The van der Waals surface area contributed by atoms with Crippen molar-refractivity contribution >= 4 is 17.9 Å². The number of ether oxygens (including phenoxy) is 3. The molecule has 0 radical (unpaired) electrons. The van der Waals surface area contributed by atoms with Crippen LogP contribution in [0.3, 0.4) is 0 Å². The van der Waals surface area contributed by atoms with Gasteiger partial charge in [0.1, 0.15) is 13.2 Å². The van der Waals surface area contributed by atoms with Crippen LogP contribution in [-0.2, 0) is 28.6 Å². The Morgan fingerprint density at radius 1 is 0.269 bits per heavy atom. The molecule has 0 fully saturated rings. The van der Waals surface area contributed by atoms with Gasteiger partial charge in [-0.1, -0.05) is 311 Å². The van der Waals surface area contributed by atoms with Crippen LogP contribution in [-0.4, -0.2) is 37.2 Å². The van der Waals surface area contributed by atoms with Crippen molar-refractivity contribution in [3.63, 3.8) is 0 Å². The van der Waals surface area contributed by atoms with Gasteiger partial charge in [-0.3, -0.25) is 14.4 Å². The van der Waals surface area contributed by atoms with E-state index in [1.165, 1.54) is 173 Å². The summed E-state index contributed by atoms with van der Waals surface area (Å²) < 4.78 is 17.0. The summed E-state index contributed by atoms with van der Waals surface area (Å²) in [6.07, 6.45) is 87.4. The van der Waals surface area contributed by atoms with E-state index in [9.17, 15) is 14.4 Å². The summed E-state index contributed by atoms with van der Waals surface area (Å²) in [5, 5.41) is 0. The molecule has 0 aromatic rings. The average Bonchev–Trinajstić information content (AvgIpc) is 3.44. The molecule has 6 heteroatoms. The molecule has 6 nitrogen and oxygen atoms in total. The summed E-state index contributed by atoms with van der Waals surface area (Å²) in [6, 6.07) is 0. The van der Waals surface area contributed by atoms with Gasteiger partial charge in [-0.25, -0.2) is 0 Å². The minimum absolute atomic E-state index is 0.0799. The van der Waals surface area contributed by atoms with Gasteiger partial charge in [0.2, 0.25) is 0 Å². The van der Waals surface area contributed by atoms with Crippen molar-refractivity contribution in [1.29, 1.82) is 0 Å². The van der Waals surface area contributed by atoms with Crippen LogP contribution in [0.15, 0.2) is 85.1 Å². The van der Waals surface area contributed by atoms with Gasteiger partial charge in [0, 0.05) is 19.3 Å². The third-order valence-corrected chi connectivity index (χ3v) is 14.6. The van der Waals surface area contributed by atoms with E-state index in [0.717, 1.165) is 122 Å². The van der Waals surface area contributed by atoms with Crippen LogP contribution in [0.2, 0.25) is 0 Å². The Morgan fingerprint density at radius 2 is 0.500 bits per heavy atom. The Morgan fingerprint density at radius 3 is 0.782 bits per heavy atom. The second-order valence-electron chi connectivity index (χ2n) is 22.3. The third-order valence-electron chi connectivity index (χ3n) is 14.6. The second kappa shape index (κ2) is 66.1. The fourth-order valence-electron chi connectivity index (χ4n) is 9.69. The summed E-state index contributed by atoms with van der Waals surface area (Å²) in [6.45, 7) is 6.45. The van der Waals surface area contributed by atoms with E-state index < -0.39 is 6.10 Å². The van der Waals surface area contributed by atoms with Crippen LogP contribution in [0.4, 0.5) is 0 Å². The highest BCUT2D eigenvalue weighted by atomic mass is 16.6. The predicted molar refractivity (Wildman–Crippen MR) is 339 cm³/mol. The quantitative estimate of drug-likeness (QED) is 0.0261. The van der Waals surface area contributed by atoms with Gasteiger partial charge in [0.25, 0.3) is 0 Å². The molecule has 0 aromatic heterocycles. The van der Waals surface area contributed by atoms with Crippen molar-refractivity contribution in [2.75, 3.05) is 13.2 Å². The Bertz CT molecular complexity index is 1480. The van der Waals surface area contributed by atoms with Crippen molar-refractivity contribution < 1.29 is 28.6 Å². The first-order valence-corrected chi connectivity index (χ1v) is 33.6. The molecule has 78 heavy (non-hydrogen) atoms. The van der Waals surface area contributed by atoms with Gasteiger partial charge in [-0.05, 0) is 89.9 Å². The monoisotopic (exact) mass is 1090 g/mol.